The van der Waals surface area contributed by atoms with E-state index in [1.165, 1.54) is 16.7 Å². The number of hydrogen-bond acceptors (Lipinski definition) is 2. The summed E-state index contributed by atoms with van der Waals surface area (Å²) in [5, 5.41) is 0. The zero-order chi connectivity index (χ0) is 14.6. The number of rotatable bonds is 5. The Morgan fingerprint density at radius 1 is 1.21 bits per heavy atom. The van der Waals surface area contributed by atoms with Crippen molar-refractivity contribution in [3.05, 3.63) is 34.9 Å². The molecule has 0 spiro atoms. The van der Waals surface area contributed by atoms with Gasteiger partial charge in [-0.05, 0) is 37.8 Å². The van der Waals surface area contributed by atoms with Gasteiger partial charge in [0.1, 0.15) is 6.10 Å². The molecular weight excluding hydrogens is 236 g/mol. The van der Waals surface area contributed by atoms with Gasteiger partial charge in [0.05, 0.1) is 0 Å². The standard InChI is InChI=1S/C17H26O2/c1-7-16(18)19-14(6)17(11(2)3)15-9-8-12(4)10-13(15)5/h8-11,14,17H,7H2,1-6H3. The molecule has 0 radical (unpaired) electrons. The van der Waals surface area contributed by atoms with Crippen molar-refractivity contribution in [1.29, 1.82) is 0 Å². The molecule has 0 amide bonds. The second-order valence-corrected chi connectivity index (χ2v) is 5.68. The lowest BCUT2D eigenvalue weighted by Gasteiger charge is -2.29. The van der Waals surface area contributed by atoms with Crippen molar-refractivity contribution >= 4 is 5.97 Å². The summed E-state index contributed by atoms with van der Waals surface area (Å²) < 4.78 is 5.52. The minimum Gasteiger partial charge on any atom is -0.462 e. The molecule has 19 heavy (non-hydrogen) atoms. The monoisotopic (exact) mass is 262 g/mol. The van der Waals surface area contributed by atoms with Crippen LogP contribution in [0.15, 0.2) is 18.2 Å². The molecule has 1 rings (SSSR count). The van der Waals surface area contributed by atoms with Gasteiger partial charge < -0.3 is 4.74 Å². The molecule has 0 aromatic heterocycles. The maximum Gasteiger partial charge on any atom is 0.305 e. The lowest BCUT2D eigenvalue weighted by molar-refractivity contribution is -0.149. The molecule has 2 atom stereocenters. The van der Waals surface area contributed by atoms with Crippen LogP contribution in [0.25, 0.3) is 0 Å². The van der Waals surface area contributed by atoms with Crippen molar-refractivity contribution < 1.29 is 9.53 Å². The fourth-order valence-electron chi connectivity index (χ4n) is 2.72. The molecule has 0 saturated heterocycles. The summed E-state index contributed by atoms with van der Waals surface area (Å²) in [4.78, 5) is 11.5. The van der Waals surface area contributed by atoms with Gasteiger partial charge in [0, 0.05) is 12.3 Å². The zero-order valence-electron chi connectivity index (χ0n) is 13.0. The quantitative estimate of drug-likeness (QED) is 0.736. The number of benzene rings is 1. The summed E-state index contributed by atoms with van der Waals surface area (Å²) in [6, 6.07) is 6.50. The Hall–Kier alpha value is -1.31. The fourth-order valence-corrected chi connectivity index (χ4v) is 2.72. The highest BCUT2D eigenvalue weighted by molar-refractivity contribution is 5.69. The SMILES string of the molecule is CCC(=O)OC(C)C(c1ccc(C)cc1C)C(C)C. The predicted molar refractivity (Wildman–Crippen MR) is 79.3 cm³/mol. The first-order valence-electron chi connectivity index (χ1n) is 7.13. The molecule has 1 aromatic rings. The molecule has 0 aliphatic heterocycles. The van der Waals surface area contributed by atoms with Crippen LogP contribution < -0.4 is 0 Å². The lowest BCUT2D eigenvalue weighted by Crippen LogP contribution is -2.26. The summed E-state index contributed by atoms with van der Waals surface area (Å²) in [6.07, 6.45) is 0.344. The van der Waals surface area contributed by atoms with Gasteiger partial charge in [0.15, 0.2) is 0 Å². The molecule has 0 aliphatic carbocycles. The normalized spacial score (nSPS) is 14.3. The molecule has 0 fully saturated rings. The average Bonchev–Trinajstić information content (AvgIpc) is 2.31. The second kappa shape index (κ2) is 6.74. The Balaban J connectivity index is 3.03. The third-order valence-electron chi connectivity index (χ3n) is 3.61. The zero-order valence-corrected chi connectivity index (χ0v) is 13.0. The van der Waals surface area contributed by atoms with Crippen LogP contribution in [-0.4, -0.2) is 12.1 Å². The van der Waals surface area contributed by atoms with Crippen molar-refractivity contribution in [2.75, 3.05) is 0 Å². The highest BCUT2D eigenvalue weighted by atomic mass is 16.5. The van der Waals surface area contributed by atoms with Gasteiger partial charge in [0.2, 0.25) is 0 Å². The lowest BCUT2D eigenvalue weighted by atomic mass is 9.82. The van der Waals surface area contributed by atoms with Gasteiger partial charge >= 0.3 is 5.97 Å². The topological polar surface area (TPSA) is 26.3 Å². The van der Waals surface area contributed by atoms with Crippen LogP contribution in [0.2, 0.25) is 0 Å². The van der Waals surface area contributed by atoms with Crippen LogP contribution in [0.4, 0.5) is 0 Å². The van der Waals surface area contributed by atoms with E-state index in [2.05, 4.69) is 45.9 Å². The van der Waals surface area contributed by atoms with E-state index in [0.717, 1.165) is 0 Å². The molecule has 0 bridgehead atoms. The van der Waals surface area contributed by atoms with E-state index in [1.54, 1.807) is 0 Å². The van der Waals surface area contributed by atoms with Crippen LogP contribution >= 0.6 is 0 Å². The first-order chi connectivity index (χ1) is 8.86. The van der Waals surface area contributed by atoms with E-state index < -0.39 is 0 Å². The summed E-state index contributed by atoms with van der Waals surface area (Å²) in [7, 11) is 0. The van der Waals surface area contributed by atoms with E-state index in [0.29, 0.717) is 12.3 Å². The van der Waals surface area contributed by atoms with Crippen molar-refractivity contribution in [3.8, 4) is 0 Å². The van der Waals surface area contributed by atoms with E-state index in [-0.39, 0.29) is 18.0 Å². The van der Waals surface area contributed by atoms with Crippen LogP contribution in [0, 0.1) is 19.8 Å². The van der Waals surface area contributed by atoms with E-state index in [9.17, 15) is 4.79 Å². The summed E-state index contributed by atoms with van der Waals surface area (Å²) in [6.45, 7) is 12.4. The highest BCUT2D eigenvalue weighted by Crippen LogP contribution is 2.32. The van der Waals surface area contributed by atoms with E-state index >= 15 is 0 Å². The van der Waals surface area contributed by atoms with Crippen LogP contribution in [-0.2, 0) is 9.53 Å². The minimum atomic E-state index is -0.122. The first-order valence-corrected chi connectivity index (χ1v) is 7.13. The molecule has 106 valence electrons. The fraction of sp³-hybridized carbons (Fsp3) is 0.588. The van der Waals surface area contributed by atoms with Crippen molar-refractivity contribution in [3.63, 3.8) is 0 Å². The number of hydrogen-bond donors (Lipinski definition) is 0. The van der Waals surface area contributed by atoms with Crippen molar-refractivity contribution in [1.82, 2.24) is 0 Å². The molecule has 2 heteroatoms. The van der Waals surface area contributed by atoms with Gasteiger partial charge in [-0.15, -0.1) is 0 Å². The molecule has 0 N–H and O–H groups in total. The summed E-state index contributed by atoms with van der Waals surface area (Å²) >= 11 is 0. The number of esters is 1. The molecule has 0 aliphatic rings. The molecule has 0 heterocycles. The Morgan fingerprint density at radius 2 is 1.84 bits per heavy atom. The molecule has 0 saturated carbocycles. The smallest absolute Gasteiger partial charge is 0.305 e. The van der Waals surface area contributed by atoms with Crippen LogP contribution in [0.5, 0.6) is 0 Å². The summed E-state index contributed by atoms with van der Waals surface area (Å²) in [5.74, 6) is 0.556. The van der Waals surface area contributed by atoms with Gasteiger partial charge in [-0.3, -0.25) is 4.79 Å². The van der Waals surface area contributed by atoms with Gasteiger partial charge in [-0.2, -0.15) is 0 Å². The Morgan fingerprint density at radius 3 is 2.32 bits per heavy atom. The number of ether oxygens (including phenoxy) is 1. The first kappa shape index (κ1) is 15.7. The maximum absolute atomic E-state index is 11.5. The second-order valence-electron chi connectivity index (χ2n) is 5.68. The maximum atomic E-state index is 11.5. The molecule has 2 unspecified atom stereocenters. The van der Waals surface area contributed by atoms with Crippen LogP contribution in [0.3, 0.4) is 0 Å². The van der Waals surface area contributed by atoms with Crippen LogP contribution in [0.1, 0.15) is 56.7 Å². The van der Waals surface area contributed by atoms with Gasteiger partial charge in [0.25, 0.3) is 0 Å². The number of carbonyl (C=O) groups excluding carboxylic acids is 1. The number of carbonyl (C=O) groups is 1. The Kier molecular flexibility index (Phi) is 5.59. The van der Waals surface area contributed by atoms with E-state index in [1.807, 2.05) is 13.8 Å². The Labute approximate surface area is 117 Å². The van der Waals surface area contributed by atoms with E-state index in [4.69, 9.17) is 4.74 Å². The predicted octanol–water partition coefficient (Wildman–Crippen LogP) is 4.38. The minimum absolute atomic E-state index is 0.0890. The third kappa shape index (κ3) is 4.09. The van der Waals surface area contributed by atoms with Crippen molar-refractivity contribution in [2.24, 2.45) is 5.92 Å². The summed E-state index contributed by atoms with van der Waals surface area (Å²) in [5.41, 5.74) is 3.83. The molecular formula is C17H26O2. The average molecular weight is 262 g/mol. The Bertz CT molecular complexity index is 435. The largest absolute Gasteiger partial charge is 0.462 e. The number of aryl methyl sites for hydroxylation is 2. The molecule has 2 nitrogen and oxygen atoms in total. The third-order valence-corrected chi connectivity index (χ3v) is 3.61. The molecule has 1 aromatic carbocycles. The van der Waals surface area contributed by atoms with Gasteiger partial charge in [-0.1, -0.05) is 44.5 Å². The highest BCUT2D eigenvalue weighted by Gasteiger charge is 2.26. The van der Waals surface area contributed by atoms with Gasteiger partial charge in [-0.25, -0.2) is 0 Å². The van der Waals surface area contributed by atoms with Crippen molar-refractivity contribution in [2.45, 2.75) is 60.0 Å².